The Balaban J connectivity index is 2.34. The largest absolute Gasteiger partial charge is 0.390 e. The highest BCUT2D eigenvalue weighted by atomic mass is 35.5. The smallest absolute Gasteiger partial charge is 0.339 e. The van der Waals surface area contributed by atoms with Crippen molar-refractivity contribution in [1.82, 2.24) is 0 Å². The average molecular weight is 436 g/mol. The van der Waals surface area contributed by atoms with E-state index in [4.69, 9.17) is 15.8 Å². The Kier molecular flexibility index (Phi) is 6.71. The minimum atomic E-state index is -4.69. The summed E-state index contributed by atoms with van der Waals surface area (Å²) in [5.41, 5.74) is 0.818. The fraction of sp³-hybridized carbons (Fsp3) is 0.250. The van der Waals surface area contributed by atoms with E-state index in [0.717, 1.165) is 11.6 Å². The number of nitrogens with one attached hydrogen (secondary N) is 1. The maximum absolute atomic E-state index is 12.3. The van der Waals surface area contributed by atoms with E-state index in [1.54, 1.807) is 19.1 Å². The zero-order chi connectivity index (χ0) is 20.2. The fourth-order valence-corrected chi connectivity index (χ4v) is 3.79. The van der Waals surface area contributed by atoms with Gasteiger partial charge in [0.25, 0.3) is 10.1 Å². The number of anilines is 1. The van der Waals surface area contributed by atoms with Crippen molar-refractivity contribution in [2.75, 3.05) is 17.7 Å². The van der Waals surface area contributed by atoms with E-state index in [1.165, 1.54) is 24.3 Å². The van der Waals surface area contributed by atoms with Crippen molar-refractivity contribution in [1.29, 1.82) is 0 Å². The first-order chi connectivity index (χ1) is 12.5. The molecule has 0 amide bonds. The van der Waals surface area contributed by atoms with Gasteiger partial charge in [0.05, 0.1) is 17.7 Å². The van der Waals surface area contributed by atoms with Gasteiger partial charge in [-0.25, -0.2) is 0 Å². The molecule has 8 nitrogen and oxygen atoms in total. The third-order valence-corrected chi connectivity index (χ3v) is 5.96. The van der Waals surface area contributed by atoms with Gasteiger partial charge in [0.1, 0.15) is 15.5 Å². The average Bonchev–Trinajstić information content (AvgIpc) is 2.59. The molecule has 0 aliphatic carbocycles. The molecular formula is C16H18ClNO7S2. The number of benzene rings is 2. The Morgan fingerprint density at radius 3 is 2.30 bits per heavy atom. The van der Waals surface area contributed by atoms with Gasteiger partial charge in [0.2, 0.25) is 0 Å². The molecule has 0 radical (unpaired) electrons. The normalized spacial score (nSPS) is 13.2. The number of halogens is 1. The number of aryl methyl sites for hydroxylation is 1. The molecule has 0 aromatic heterocycles. The summed E-state index contributed by atoms with van der Waals surface area (Å²) in [5.74, 6) is -0.379. The Hall–Kier alpha value is -1.85. The molecule has 11 heteroatoms. The number of rotatable bonds is 8. The minimum absolute atomic E-state index is 0.0400. The van der Waals surface area contributed by atoms with E-state index in [9.17, 15) is 26.5 Å². The molecule has 2 aromatic rings. The first-order valence-electron chi connectivity index (χ1n) is 7.63. The summed E-state index contributed by atoms with van der Waals surface area (Å²) in [6, 6.07) is 9.20. The van der Waals surface area contributed by atoms with Crippen LogP contribution in [-0.4, -0.2) is 45.0 Å². The minimum Gasteiger partial charge on any atom is -0.390 e. The van der Waals surface area contributed by atoms with Gasteiger partial charge in [0.15, 0.2) is 0 Å². The van der Waals surface area contributed by atoms with Gasteiger partial charge >= 0.3 is 10.1 Å². The molecule has 27 heavy (non-hydrogen) atoms. The highest BCUT2D eigenvalue weighted by Gasteiger charge is 2.21. The second kappa shape index (κ2) is 8.44. The van der Waals surface area contributed by atoms with Crippen molar-refractivity contribution in [3.63, 3.8) is 0 Å². The summed E-state index contributed by atoms with van der Waals surface area (Å²) >= 11 is 5.47. The third-order valence-electron chi connectivity index (χ3n) is 3.45. The van der Waals surface area contributed by atoms with Gasteiger partial charge in [-0.2, -0.15) is 16.8 Å². The quantitative estimate of drug-likeness (QED) is 0.326. The number of aliphatic hydroxyl groups is 1. The summed E-state index contributed by atoms with van der Waals surface area (Å²) in [6.07, 6.45) is -0.946. The molecule has 0 bridgehead atoms. The first kappa shape index (κ1) is 21.5. The van der Waals surface area contributed by atoms with E-state index >= 15 is 0 Å². The van der Waals surface area contributed by atoms with Gasteiger partial charge in [-0.1, -0.05) is 17.7 Å². The zero-order valence-electron chi connectivity index (χ0n) is 14.2. The molecule has 2 rings (SSSR count). The zero-order valence-corrected chi connectivity index (χ0v) is 16.6. The van der Waals surface area contributed by atoms with Crippen LogP contribution in [-0.2, 0) is 20.2 Å². The van der Waals surface area contributed by atoms with E-state index in [-0.39, 0.29) is 28.8 Å². The van der Waals surface area contributed by atoms with Gasteiger partial charge < -0.3 is 14.6 Å². The Labute approximate surface area is 162 Å². The second-order valence-corrected chi connectivity index (χ2v) is 8.92. The summed E-state index contributed by atoms with van der Waals surface area (Å²) in [5, 5.41) is 12.1. The Morgan fingerprint density at radius 1 is 1.11 bits per heavy atom. The van der Waals surface area contributed by atoms with Crippen molar-refractivity contribution in [2.24, 2.45) is 0 Å². The van der Waals surface area contributed by atoms with Crippen LogP contribution in [0.2, 0.25) is 0 Å². The van der Waals surface area contributed by atoms with Gasteiger partial charge in [-0.15, -0.1) is 11.6 Å². The standard InChI is InChI=1S/C16H18ClNO7S2/c1-11-2-5-14(6-3-11)27(23,24)25-13-4-7-15(18-10-12(19)9-17)16(8-13)26(20,21)22/h2-8,12,18-19H,9-10H2,1H3,(H,20,21,22). The highest BCUT2D eigenvalue weighted by Crippen LogP contribution is 2.28. The van der Waals surface area contributed by atoms with Crippen molar-refractivity contribution in [3.05, 3.63) is 48.0 Å². The second-order valence-electron chi connectivity index (χ2n) is 5.67. The van der Waals surface area contributed by atoms with Crippen LogP contribution >= 0.6 is 11.6 Å². The molecule has 1 atom stereocenters. The molecule has 0 saturated carbocycles. The molecular weight excluding hydrogens is 418 g/mol. The van der Waals surface area contributed by atoms with Crippen molar-refractivity contribution in [3.8, 4) is 5.75 Å². The first-order valence-corrected chi connectivity index (χ1v) is 11.0. The van der Waals surface area contributed by atoms with E-state index in [0.29, 0.717) is 0 Å². The van der Waals surface area contributed by atoms with Gasteiger partial charge in [-0.3, -0.25) is 4.55 Å². The van der Waals surface area contributed by atoms with Crippen molar-refractivity contribution >= 4 is 37.5 Å². The molecule has 0 spiro atoms. The van der Waals surface area contributed by atoms with Crippen LogP contribution in [0.4, 0.5) is 5.69 Å². The monoisotopic (exact) mass is 435 g/mol. The number of alkyl halides is 1. The number of hydrogen-bond donors (Lipinski definition) is 3. The molecule has 0 aliphatic rings. The summed E-state index contributed by atoms with van der Waals surface area (Å²) < 4.78 is 62.2. The highest BCUT2D eigenvalue weighted by molar-refractivity contribution is 7.87. The van der Waals surface area contributed by atoms with Crippen LogP contribution in [0.3, 0.4) is 0 Å². The van der Waals surface area contributed by atoms with Crippen LogP contribution in [0.1, 0.15) is 5.56 Å². The van der Waals surface area contributed by atoms with Crippen molar-refractivity contribution in [2.45, 2.75) is 22.8 Å². The van der Waals surface area contributed by atoms with Crippen LogP contribution in [0.25, 0.3) is 0 Å². The van der Waals surface area contributed by atoms with Gasteiger partial charge in [-0.05, 0) is 31.2 Å². The maximum atomic E-state index is 12.3. The molecule has 0 aliphatic heterocycles. The predicted octanol–water partition coefficient (Wildman–Crippen LogP) is 2.02. The maximum Gasteiger partial charge on any atom is 0.339 e. The molecule has 2 aromatic carbocycles. The SMILES string of the molecule is Cc1ccc(S(=O)(=O)Oc2ccc(NCC(O)CCl)c(S(=O)(=O)O)c2)cc1. The Bertz CT molecular complexity index is 1010. The number of hydrogen-bond acceptors (Lipinski definition) is 7. The lowest BCUT2D eigenvalue weighted by atomic mass is 10.2. The summed E-state index contributed by atoms with van der Waals surface area (Å²) in [7, 11) is -8.88. The van der Waals surface area contributed by atoms with Crippen LogP contribution in [0.5, 0.6) is 5.75 Å². The summed E-state index contributed by atoms with van der Waals surface area (Å²) in [6.45, 7) is 1.72. The number of aliphatic hydroxyl groups excluding tert-OH is 1. The lowest BCUT2D eigenvalue weighted by Crippen LogP contribution is -2.21. The molecule has 1 unspecified atom stereocenters. The van der Waals surface area contributed by atoms with Crippen LogP contribution < -0.4 is 9.50 Å². The summed E-state index contributed by atoms with van der Waals surface area (Å²) in [4.78, 5) is -0.699. The van der Waals surface area contributed by atoms with Crippen molar-refractivity contribution < 1.29 is 30.7 Å². The lowest BCUT2D eigenvalue weighted by molar-refractivity contribution is 0.211. The fourth-order valence-electron chi connectivity index (χ4n) is 2.08. The molecule has 148 valence electrons. The lowest BCUT2D eigenvalue weighted by Gasteiger charge is -2.14. The topological polar surface area (TPSA) is 130 Å². The van der Waals surface area contributed by atoms with E-state index < -0.39 is 31.2 Å². The molecule has 0 saturated heterocycles. The van der Waals surface area contributed by atoms with Crippen LogP contribution in [0, 0.1) is 6.92 Å². The molecule has 0 fully saturated rings. The van der Waals surface area contributed by atoms with E-state index in [2.05, 4.69) is 5.32 Å². The Morgan fingerprint density at radius 2 is 1.74 bits per heavy atom. The van der Waals surface area contributed by atoms with E-state index in [1.807, 2.05) is 0 Å². The van der Waals surface area contributed by atoms with Gasteiger partial charge in [0, 0.05) is 12.6 Å². The van der Waals surface area contributed by atoms with Crippen LogP contribution in [0.15, 0.2) is 52.3 Å². The molecule has 3 N–H and O–H groups in total. The predicted molar refractivity (Wildman–Crippen MR) is 100 cm³/mol. The third kappa shape index (κ3) is 5.81. The molecule has 0 heterocycles.